The zero-order valence-corrected chi connectivity index (χ0v) is 12.2. The van der Waals surface area contributed by atoms with Gasteiger partial charge in [-0.1, -0.05) is 0 Å². The van der Waals surface area contributed by atoms with Gasteiger partial charge in [-0.15, -0.1) is 0 Å². The van der Waals surface area contributed by atoms with Crippen molar-refractivity contribution < 1.29 is 22.2 Å². The molecule has 0 radical (unpaired) electrons. The van der Waals surface area contributed by atoms with Crippen LogP contribution in [-0.4, -0.2) is 55.7 Å². The molecule has 0 aromatic carbocycles. The topological polar surface area (TPSA) is 63.6 Å². The molecule has 0 aliphatic heterocycles. The average Bonchev–Trinajstić information content (AvgIpc) is 2.23. The molecule has 0 aromatic heterocycles. The molecule has 0 fully saturated rings. The summed E-state index contributed by atoms with van der Waals surface area (Å²) >= 11 is 0. The van der Waals surface area contributed by atoms with E-state index in [9.17, 15) is 8.42 Å². The van der Waals surface area contributed by atoms with Crippen LogP contribution in [0.2, 0.25) is 0 Å². The molecule has 104 valence electrons. The third-order valence-electron chi connectivity index (χ3n) is 3.44. The van der Waals surface area contributed by atoms with Gasteiger partial charge in [0.25, 0.3) is 10.1 Å². The average molecular weight is 268 g/mol. The normalized spacial score (nSPS) is 14.9. The van der Waals surface area contributed by atoms with Gasteiger partial charge in [0.1, 0.15) is 0 Å². The Hall–Kier alpha value is -0.170. The van der Waals surface area contributed by atoms with E-state index >= 15 is 0 Å². The highest BCUT2D eigenvalue weighted by Gasteiger charge is 2.30. The number of nitrogens with zero attached hydrogens (tertiary/aromatic N) is 1. The predicted molar refractivity (Wildman–Crippen MR) is 68.3 cm³/mol. The molecule has 0 saturated heterocycles. The highest BCUT2D eigenvalue weighted by Crippen LogP contribution is 2.16. The predicted octanol–water partition coefficient (Wildman–Crippen LogP) is 1.50. The lowest BCUT2D eigenvalue weighted by molar-refractivity contribution is -0.967. The maximum absolute atomic E-state index is 10.7. The first-order valence-corrected chi connectivity index (χ1v) is 7.84. The maximum atomic E-state index is 10.7. The summed E-state index contributed by atoms with van der Waals surface area (Å²) in [4.78, 5) is 0. The first-order valence-electron chi connectivity index (χ1n) is 6.23. The molecule has 0 saturated carbocycles. The van der Waals surface area contributed by atoms with Gasteiger partial charge in [-0.05, 0) is 20.8 Å². The van der Waals surface area contributed by atoms with E-state index in [2.05, 4.69) is 13.8 Å². The summed E-state index contributed by atoms with van der Waals surface area (Å²) in [6.07, 6.45) is 0.508. The van der Waals surface area contributed by atoms with Gasteiger partial charge >= 0.3 is 0 Å². The monoisotopic (exact) mass is 268 g/mol. The Kier molecular flexibility index (Phi) is 7.23. The maximum Gasteiger partial charge on any atom is 0.265 e. The second kappa shape index (κ2) is 7.31. The van der Waals surface area contributed by atoms with Gasteiger partial charge in [0.15, 0.2) is 6.23 Å². The van der Waals surface area contributed by atoms with E-state index in [1.807, 2.05) is 13.8 Å². The van der Waals surface area contributed by atoms with Crippen molar-refractivity contribution in [1.29, 1.82) is 0 Å². The molecule has 5 nitrogen and oxygen atoms in total. The molecular formula is C11H26NO4S+. The van der Waals surface area contributed by atoms with Gasteiger partial charge in [-0.25, -0.2) is 0 Å². The molecule has 0 heterocycles. The van der Waals surface area contributed by atoms with Crippen molar-refractivity contribution in [2.45, 2.75) is 40.3 Å². The van der Waals surface area contributed by atoms with Crippen LogP contribution in [0.25, 0.3) is 0 Å². The minimum absolute atomic E-state index is 0.0522. The third-order valence-corrected chi connectivity index (χ3v) is 4.25. The van der Waals surface area contributed by atoms with E-state index in [0.29, 0.717) is 19.6 Å². The van der Waals surface area contributed by atoms with Crippen LogP contribution < -0.4 is 0 Å². The van der Waals surface area contributed by atoms with Crippen LogP contribution >= 0.6 is 0 Å². The van der Waals surface area contributed by atoms with Crippen molar-refractivity contribution in [3.8, 4) is 0 Å². The summed E-state index contributed by atoms with van der Waals surface area (Å²) in [6, 6.07) is 0. The van der Waals surface area contributed by atoms with Crippen LogP contribution in [0.4, 0.5) is 0 Å². The van der Waals surface area contributed by atoms with Gasteiger partial charge in [0.05, 0.1) is 32.0 Å². The van der Waals surface area contributed by atoms with Crippen LogP contribution in [0.5, 0.6) is 0 Å². The summed E-state index contributed by atoms with van der Waals surface area (Å²) in [7, 11) is -3.85. The Morgan fingerprint density at radius 2 is 1.76 bits per heavy atom. The van der Waals surface area contributed by atoms with Gasteiger partial charge in [-0.2, -0.15) is 8.42 Å². The summed E-state index contributed by atoms with van der Waals surface area (Å²) in [5.41, 5.74) is 0. The van der Waals surface area contributed by atoms with Gasteiger partial charge in [-0.3, -0.25) is 9.04 Å². The Labute approximate surface area is 105 Å². The molecule has 0 bridgehead atoms. The first kappa shape index (κ1) is 16.8. The van der Waals surface area contributed by atoms with Crippen molar-refractivity contribution in [1.82, 2.24) is 0 Å². The zero-order chi connectivity index (χ0) is 13.5. The standard InChI is InChI=1S/C11H25NO4S/c1-5-12(6-2,11(4)16-7-3)9-8-10-17(13,14)15/h11H,5-10H2,1-4H3/p+1. The first-order chi connectivity index (χ1) is 7.81. The van der Waals surface area contributed by atoms with E-state index in [-0.39, 0.29) is 12.0 Å². The Morgan fingerprint density at radius 3 is 2.12 bits per heavy atom. The lowest BCUT2D eigenvalue weighted by Gasteiger charge is -2.41. The van der Waals surface area contributed by atoms with Crippen LogP contribution in [0.15, 0.2) is 0 Å². The van der Waals surface area contributed by atoms with Crippen molar-refractivity contribution in [3.63, 3.8) is 0 Å². The summed E-state index contributed by atoms with van der Waals surface area (Å²) in [5, 5.41) is 0. The van der Waals surface area contributed by atoms with E-state index in [1.54, 1.807) is 0 Å². The molecule has 1 N–H and O–H groups in total. The summed E-state index contributed by atoms with van der Waals surface area (Å²) in [6.45, 7) is 11.3. The fourth-order valence-corrected chi connectivity index (χ4v) is 2.69. The van der Waals surface area contributed by atoms with E-state index < -0.39 is 10.1 Å². The molecule has 1 atom stereocenters. The molecule has 1 unspecified atom stereocenters. The molecule has 0 aliphatic rings. The lowest BCUT2D eigenvalue weighted by atomic mass is 10.2. The number of quaternary nitrogens is 1. The minimum atomic E-state index is -3.85. The molecule has 0 aliphatic carbocycles. The van der Waals surface area contributed by atoms with Crippen LogP contribution in [0, 0.1) is 0 Å². The number of hydrogen-bond acceptors (Lipinski definition) is 3. The Morgan fingerprint density at radius 1 is 1.24 bits per heavy atom. The van der Waals surface area contributed by atoms with Crippen molar-refractivity contribution in [3.05, 3.63) is 0 Å². The van der Waals surface area contributed by atoms with E-state index in [0.717, 1.165) is 17.6 Å². The fourth-order valence-electron chi connectivity index (χ4n) is 2.20. The Balaban J connectivity index is 4.50. The van der Waals surface area contributed by atoms with Crippen LogP contribution in [0.1, 0.15) is 34.1 Å². The molecule has 0 amide bonds. The minimum Gasteiger partial charge on any atom is -0.330 e. The number of hydrogen-bond donors (Lipinski definition) is 1. The van der Waals surface area contributed by atoms with Crippen molar-refractivity contribution in [2.24, 2.45) is 0 Å². The number of rotatable bonds is 9. The SMILES string of the molecule is CCOC(C)[N+](CC)(CC)CCCS(=O)(=O)O. The molecule has 17 heavy (non-hydrogen) atoms. The highest BCUT2D eigenvalue weighted by atomic mass is 32.2. The fraction of sp³-hybridized carbons (Fsp3) is 1.00. The van der Waals surface area contributed by atoms with Gasteiger partial charge < -0.3 is 4.74 Å². The van der Waals surface area contributed by atoms with Gasteiger partial charge in [0, 0.05) is 13.3 Å². The van der Waals surface area contributed by atoms with Crippen molar-refractivity contribution >= 4 is 10.1 Å². The largest absolute Gasteiger partial charge is 0.330 e. The van der Waals surface area contributed by atoms with E-state index in [1.165, 1.54) is 0 Å². The molecule has 6 heteroatoms. The summed E-state index contributed by atoms with van der Waals surface area (Å²) < 4.78 is 36.5. The Bertz CT molecular complexity index is 299. The number of ether oxygens (including phenoxy) is 1. The van der Waals surface area contributed by atoms with Crippen molar-refractivity contribution in [2.75, 3.05) is 32.0 Å². The highest BCUT2D eigenvalue weighted by molar-refractivity contribution is 7.85. The summed E-state index contributed by atoms with van der Waals surface area (Å²) in [5.74, 6) is -0.175. The molecule has 0 spiro atoms. The smallest absolute Gasteiger partial charge is 0.265 e. The lowest BCUT2D eigenvalue weighted by Crippen LogP contribution is -2.56. The quantitative estimate of drug-likeness (QED) is 0.391. The van der Waals surface area contributed by atoms with Crippen LogP contribution in [0.3, 0.4) is 0 Å². The second-order valence-corrected chi connectivity index (χ2v) is 5.84. The zero-order valence-electron chi connectivity index (χ0n) is 11.3. The van der Waals surface area contributed by atoms with Gasteiger partial charge in [0.2, 0.25) is 0 Å². The second-order valence-electron chi connectivity index (χ2n) is 4.27. The molecule has 0 aromatic rings. The third kappa shape index (κ3) is 5.81. The molecule has 0 rings (SSSR count). The molecular weight excluding hydrogens is 242 g/mol. The van der Waals surface area contributed by atoms with E-state index in [4.69, 9.17) is 9.29 Å². The van der Waals surface area contributed by atoms with Crippen LogP contribution in [-0.2, 0) is 14.9 Å².